The summed E-state index contributed by atoms with van der Waals surface area (Å²) in [5.41, 5.74) is 1.20. The Morgan fingerprint density at radius 2 is 2.00 bits per heavy atom. The standard InChI is InChI=1S/C17H18BrNO4S/c1-9-11(3)24-16(14(9)17(21)22-4)19-15(20)10(2)23-13-7-5-6-12(18)8-13/h5-8,10H,1-4H3,(H,19,20)/t10-/m0/s1. The molecule has 0 saturated carbocycles. The zero-order valence-corrected chi connectivity index (χ0v) is 16.2. The van der Waals surface area contributed by atoms with E-state index in [0.717, 1.165) is 14.9 Å². The summed E-state index contributed by atoms with van der Waals surface area (Å²) in [6.45, 7) is 5.38. The maximum absolute atomic E-state index is 12.4. The van der Waals surface area contributed by atoms with Gasteiger partial charge in [-0.15, -0.1) is 11.3 Å². The molecule has 0 fully saturated rings. The van der Waals surface area contributed by atoms with Crippen LogP contribution in [0.25, 0.3) is 0 Å². The lowest BCUT2D eigenvalue weighted by atomic mass is 10.1. The summed E-state index contributed by atoms with van der Waals surface area (Å²) in [4.78, 5) is 25.3. The summed E-state index contributed by atoms with van der Waals surface area (Å²) in [7, 11) is 1.32. The van der Waals surface area contributed by atoms with Crippen LogP contribution in [-0.2, 0) is 9.53 Å². The Kier molecular flexibility index (Phi) is 6.01. The normalized spacial score (nSPS) is 11.7. The lowest BCUT2D eigenvalue weighted by molar-refractivity contribution is -0.122. The van der Waals surface area contributed by atoms with Crippen LogP contribution in [0.2, 0.25) is 0 Å². The molecule has 1 N–H and O–H groups in total. The molecule has 0 unspecified atom stereocenters. The predicted molar refractivity (Wildman–Crippen MR) is 98.0 cm³/mol. The van der Waals surface area contributed by atoms with Crippen molar-refractivity contribution in [1.29, 1.82) is 0 Å². The molecule has 0 bridgehead atoms. The monoisotopic (exact) mass is 411 g/mol. The SMILES string of the molecule is COC(=O)c1c(NC(=O)[C@H](C)Oc2cccc(Br)c2)sc(C)c1C. The number of ether oxygens (including phenoxy) is 2. The van der Waals surface area contributed by atoms with Gasteiger partial charge in [-0.25, -0.2) is 4.79 Å². The highest BCUT2D eigenvalue weighted by atomic mass is 79.9. The van der Waals surface area contributed by atoms with E-state index < -0.39 is 12.1 Å². The number of anilines is 1. The molecule has 7 heteroatoms. The van der Waals surface area contributed by atoms with Gasteiger partial charge in [0.2, 0.25) is 0 Å². The fourth-order valence-electron chi connectivity index (χ4n) is 2.07. The molecular formula is C17H18BrNO4S. The molecule has 1 amide bonds. The van der Waals surface area contributed by atoms with Gasteiger partial charge in [-0.1, -0.05) is 22.0 Å². The summed E-state index contributed by atoms with van der Waals surface area (Å²) in [6, 6.07) is 7.25. The lowest BCUT2D eigenvalue weighted by Crippen LogP contribution is -2.30. The summed E-state index contributed by atoms with van der Waals surface area (Å²) in [6.07, 6.45) is -0.715. The Balaban J connectivity index is 2.14. The van der Waals surface area contributed by atoms with Gasteiger partial charge < -0.3 is 14.8 Å². The van der Waals surface area contributed by atoms with Crippen molar-refractivity contribution in [3.63, 3.8) is 0 Å². The maximum atomic E-state index is 12.4. The second-order valence-electron chi connectivity index (χ2n) is 5.19. The second-order valence-corrected chi connectivity index (χ2v) is 7.33. The number of carbonyl (C=O) groups is 2. The van der Waals surface area contributed by atoms with Crippen LogP contribution in [0.15, 0.2) is 28.7 Å². The molecule has 2 rings (SSSR count). The van der Waals surface area contributed by atoms with Crippen LogP contribution in [0.3, 0.4) is 0 Å². The number of methoxy groups -OCH3 is 1. The van der Waals surface area contributed by atoms with E-state index in [1.807, 2.05) is 26.0 Å². The summed E-state index contributed by atoms with van der Waals surface area (Å²) in [5.74, 6) is -0.215. The fraction of sp³-hybridized carbons (Fsp3) is 0.294. The number of nitrogens with one attached hydrogen (secondary N) is 1. The van der Waals surface area contributed by atoms with E-state index in [9.17, 15) is 9.59 Å². The van der Waals surface area contributed by atoms with Crippen LogP contribution in [0.4, 0.5) is 5.00 Å². The molecule has 24 heavy (non-hydrogen) atoms. The number of hydrogen-bond donors (Lipinski definition) is 1. The molecule has 1 atom stereocenters. The highest BCUT2D eigenvalue weighted by Gasteiger charge is 2.24. The van der Waals surface area contributed by atoms with Gasteiger partial charge in [0.25, 0.3) is 5.91 Å². The van der Waals surface area contributed by atoms with E-state index in [1.54, 1.807) is 19.1 Å². The zero-order chi connectivity index (χ0) is 17.9. The smallest absolute Gasteiger partial charge is 0.341 e. The topological polar surface area (TPSA) is 64.6 Å². The first-order valence-corrected chi connectivity index (χ1v) is 8.85. The van der Waals surface area contributed by atoms with Crippen LogP contribution in [0, 0.1) is 13.8 Å². The third-order valence-electron chi connectivity index (χ3n) is 3.49. The van der Waals surface area contributed by atoms with Crippen molar-refractivity contribution in [2.45, 2.75) is 26.9 Å². The highest BCUT2D eigenvalue weighted by Crippen LogP contribution is 2.33. The molecule has 128 valence electrons. The van der Waals surface area contributed by atoms with Gasteiger partial charge in [0.05, 0.1) is 12.7 Å². The summed E-state index contributed by atoms with van der Waals surface area (Å²) < 4.78 is 11.3. The van der Waals surface area contributed by atoms with Crippen molar-refractivity contribution in [3.05, 3.63) is 44.7 Å². The number of aryl methyl sites for hydroxylation is 1. The van der Waals surface area contributed by atoms with Gasteiger partial charge in [-0.3, -0.25) is 4.79 Å². The van der Waals surface area contributed by atoms with Crippen molar-refractivity contribution >= 4 is 44.1 Å². The Labute approximate surface area is 153 Å². The van der Waals surface area contributed by atoms with Gasteiger partial charge in [0, 0.05) is 9.35 Å². The molecule has 0 radical (unpaired) electrons. The van der Waals surface area contributed by atoms with E-state index in [2.05, 4.69) is 21.2 Å². The maximum Gasteiger partial charge on any atom is 0.341 e. The van der Waals surface area contributed by atoms with Crippen molar-refractivity contribution in [2.24, 2.45) is 0 Å². The number of esters is 1. The Morgan fingerprint density at radius 1 is 1.29 bits per heavy atom. The molecule has 2 aromatic rings. The number of benzene rings is 1. The number of rotatable bonds is 5. The van der Waals surface area contributed by atoms with Gasteiger partial charge >= 0.3 is 5.97 Å². The third-order valence-corrected chi connectivity index (χ3v) is 5.11. The Hall–Kier alpha value is -1.86. The molecule has 5 nitrogen and oxygen atoms in total. The quantitative estimate of drug-likeness (QED) is 0.743. The van der Waals surface area contributed by atoms with Gasteiger partial charge in [-0.05, 0) is 44.5 Å². The molecule has 1 aromatic carbocycles. The van der Waals surface area contributed by atoms with Gasteiger partial charge in [-0.2, -0.15) is 0 Å². The molecular weight excluding hydrogens is 394 g/mol. The third kappa shape index (κ3) is 4.15. The van der Waals surface area contributed by atoms with E-state index in [4.69, 9.17) is 9.47 Å². The highest BCUT2D eigenvalue weighted by molar-refractivity contribution is 9.10. The first-order chi connectivity index (χ1) is 11.3. The van der Waals surface area contributed by atoms with Crippen LogP contribution in [0.1, 0.15) is 27.7 Å². The van der Waals surface area contributed by atoms with Crippen molar-refractivity contribution in [2.75, 3.05) is 12.4 Å². The number of thiophene rings is 1. The summed E-state index contributed by atoms with van der Waals surface area (Å²) in [5, 5.41) is 3.24. The first-order valence-electron chi connectivity index (χ1n) is 7.25. The second kappa shape index (κ2) is 7.81. The Bertz CT molecular complexity index is 772. The van der Waals surface area contributed by atoms with E-state index in [0.29, 0.717) is 16.3 Å². The average Bonchev–Trinajstić information content (AvgIpc) is 2.81. The molecule has 0 aliphatic heterocycles. The minimum atomic E-state index is -0.715. The van der Waals surface area contributed by atoms with E-state index >= 15 is 0 Å². The molecule has 1 aromatic heterocycles. The molecule has 1 heterocycles. The van der Waals surface area contributed by atoms with Gasteiger partial charge in [0.15, 0.2) is 6.10 Å². The van der Waals surface area contributed by atoms with Crippen LogP contribution >= 0.6 is 27.3 Å². The fourth-order valence-corrected chi connectivity index (χ4v) is 3.50. The molecule has 0 saturated heterocycles. The largest absolute Gasteiger partial charge is 0.481 e. The molecule has 0 aliphatic rings. The van der Waals surface area contributed by atoms with Gasteiger partial charge in [0.1, 0.15) is 10.8 Å². The number of halogens is 1. The number of carbonyl (C=O) groups excluding carboxylic acids is 2. The van der Waals surface area contributed by atoms with E-state index in [-0.39, 0.29) is 5.91 Å². The minimum Gasteiger partial charge on any atom is -0.481 e. The number of hydrogen-bond acceptors (Lipinski definition) is 5. The van der Waals surface area contributed by atoms with Crippen LogP contribution in [-0.4, -0.2) is 25.1 Å². The summed E-state index contributed by atoms with van der Waals surface area (Å²) >= 11 is 4.70. The van der Waals surface area contributed by atoms with Crippen molar-refractivity contribution in [3.8, 4) is 5.75 Å². The average molecular weight is 412 g/mol. The predicted octanol–water partition coefficient (Wildman–Crippen LogP) is 4.32. The zero-order valence-electron chi connectivity index (χ0n) is 13.8. The number of amides is 1. The Morgan fingerprint density at radius 3 is 2.62 bits per heavy atom. The molecule has 0 spiro atoms. The van der Waals surface area contributed by atoms with Crippen molar-refractivity contribution < 1.29 is 19.1 Å². The minimum absolute atomic E-state index is 0.332. The lowest BCUT2D eigenvalue weighted by Gasteiger charge is -2.15. The first kappa shape index (κ1) is 18.5. The van der Waals surface area contributed by atoms with Crippen LogP contribution in [0.5, 0.6) is 5.75 Å². The van der Waals surface area contributed by atoms with Crippen LogP contribution < -0.4 is 10.1 Å². The molecule has 0 aliphatic carbocycles. The van der Waals surface area contributed by atoms with E-state index in [1.165, 1.54) is 18.4 Å². The van der Waals surface area contributed by atoms with Crippen molar-refractivity contribution in [1.82, 2.24) is 0 Å².